The zero-order valence-corrected chi connectivity index (χ0v) is 15.2. The zero-order chi connectivity index (χ0) is 18.6. The number of amides is 1. The predicted molar refractivity (Wildman–Crippen MR) is 97.8 cm³/mol. The average Bonchev–Trinajstić information content (AvgIpc) is 2.44. The highest BCUT2D eigenvalue weighted by molar-refractivity contribution is 7.92. The summed E-state index contributed by atoms with van der Waals surface area (Å²) in [6.45, 7) is 3.79. The van der Waals surface area contributed by atoms with Crippen LogP contribution >= 0.6 is 0 Å². The Morgan fingerprint density at radius 3 is 2.32 bits per heavy atom. The molecule has 1 amide bonds. The minimum atomic E-state index is -3.63. The lowest BCUT2D eigenvalue weighted by Crippen LogP contribution is -2.33. The maximum atomic E-state index is 13.4. The zero-order valence-electron chi connectivity index (χ0n) is 14.4. The Bertz CT molecular complexity index is 861. The molecule has 2 rings (SSSR count). The summed E-state index contributed by atoms with van der Waals surface area (Å²) in [6, 6.07) is 11.0. The predicted octanol–water partition coefficient (Wildman–Crippen LogP) is 3.24. The van der Waals surface area contributed by atoms with Crippen LogP contribution in [0.2, 0.25) is 0 Å². The van der Waals surface area contributed by atoms with Gasteiger partial charge in [-0.2, -0.15) is 0 Å². The maximum Gasteiger partial charge on any atom is 0.232 e. The fourth-order valence-corrected chi connectivity index (χ4v) is 3.51. The molecule has 0 saturated heterocycles. The van der Waals surface area contributed by atoms with Crippen LogP contribution in [0.3, 0.4) is 0 Å². The normalized spacial score (nSPS) is 11.2. The third-order valence-electron chi connectivity index (χ3n) is 3.54. The van der Waals surface area contributed by atoms with E-state index in [1.165, 1.54) is 18.2 Å². The number of carbonyl (C=O) groups excluding carboxylic acids is 1. The number of benzene rings is 2. The van der Waals surface area contributed by atoms with Crippen LogP contribution in [0.15, 0.2) is 42.5 Å². The molecule has 0 aliphatic heterocycles. The second-order valence-corrected chi connectivity index (χ2v) is 7.90. The number of sulfonamides is 1. The molecule has 0 fully saturated rings. The van der Waals surface area contributed by atoms with E-state index in [0.717, 1.165) is 27.8 Å². The summed E-state index contributed by atoms with van der Waals surface area (Å²) >= 11 is 0. The molecule has 2 aromatic rings. The van der Waals surface area contributed by atoms with Gasteiger partial charge in [0.15, 0.2) is 0 Å². The second-order valence-electron chi connectivity index (χ2n) is 5.99. The van der Waals surface area contributed by atoms with Crippen LogP contribution < -0.4 is 9.62 Å². The van der Waals surface area contributed by atoms with Crippen LogP contribution in [0.1, 0.15) is 17.5 Å². The molecule has 0 unspecified atom stereocenters. The van der Waals surface area contributed by atoms with Gasteiger partial charge in [-0.05, 0) is 55.3 Å². The summed E-state index contributed by atoms with van der Waals surface area (Å²) in [7, 11) is -3.63. The van der Waals surface area contributed by atoms with E-state index in [1.54, 1.807) is 0 Å². The number of halogens is 1. The second kappa shape index (κ2) is 7.65. The van der Waals surface area contributed by atoms with Crippen LogP contribution in [-0.2, 0) is 14.8 Å². The number of aryl methyl sites for hydroxylation is 2. The fourth-order valence-electron chi connectivity index (χ4n) is 2.59. The minimum Gasteiger partial charge on any atom is -0.326 e. The molecule has 0 heterocycles. The monoisotopic (exact) mass is 364 g/mol. The molecule has 134 valence electrons. The number of nitrogens with zero attached hydrogens (tertiary/aromatic N) is 1. The van der Waals surface area contributed by atoms with Gasteiger partial charge < -0.3 is 5.32 Å². The smallest absolute Gasteiger partial charge is 0.232 e. The molecule has 1 N–H and O–H groups in total. The highest BCUT2D eigenvalue weighted by Gasteiger charge is 2.19. The van der Waals surface area contributed by atoms with Crippen molar-refractivity contribution < 1.29 is 17.6 Å². The first-order valence-corrected chi connectivity index (χ1v) is 9.61. The quantitative estimate of drug-likeness (QED) is 0.856. The molecule has 0 saturated carbocycles. The van der Waals surface area contributed by atoms with Gasteiger partial charge in [-0.1, -0.05) is 12.1 Å². The Kier molecular flexibility index (Phi) is 5.79. The molecule has 0 spiro atoms. The van der Waals surface area contributed by atoms with Crippen molar-refractivity contribution in [2.24, 2.45) is 0 Å². The molecule has 5 nitrogen and oxygen atoms in total. The van der Waals surface area contributed by atoms with Gasteiger partial charge in [0, 0.05) is 18.7 Å². The van der Waals surface area contributed by atoms with Crippen molar-refractivity contribution in [3.05, 3.63) is 59.4 Å². The Balaban J connectivity index is 2.09. The molecule has 0 aromatic heterocycles. The number of anilines is 2. The van der Waals surface area contributed by atoms with E-state index in [-0.39, 0.29) is 24.6 Å². The third kappa shape index (κ3) is 5.56. The van der Waals surface area contributed by atoms with Gasteiger partial charge in [-0.25, -0.2) is 12.8 Å². The third-order valence-corrected chi connectivity index (χ3v) is 4.74. The highest BCUT2D eigenvalue weighted by Crippen LogP contribution is 2.19. The van der Waals surface area contributed by atoms with Crippen molar-refractivity contribution in [3.63, 3.8) is 0 Å². The first-order valence-electron chi connectivity index (χ1n) is 7.76. The lowest BCUT2D eigenvalue weighted by Gasteiger charge is -2.22. The molecule has 0 bridgehead atoms. The standard InChI is InChI=1S/C18H21FN2O3S/c1-13-9-14(2)11-16(10-13)20-18(22)7-8-21(25(3,23)24)17-6-4-5-15(19)12-17/h4-6,9-12H,7-8H2,1-3H3,(H,20,22). The lowest BCUT2D eigenvalue weighted by atomic mass is 10.1. The van der Waals surface area contributed by atoms with Crippen LogP contribution in [0.4, 0.5) is 15.8 Å². The van der Waals surface area contributed by atoms with Gasteiger partial charge in [0.1, 0.15) is 5.82 Å². The van der Waals surface area contributed by atoms with Gasteiger partial charge in [-0.3, -0.25) is 9.10 Å². The Morgan fingerprint density at radius 2 is 1.76 bits per heavy atom. The Morgan fingerprint density at radius 1 is 1.12 bits per heavy atom. The van der Waals surface area contributed by atoms with Crippen molar-refractivity contribution in [3.8, 4) is 0 Å². The minimum absolute atomic E-state index is 0.0451. The van der Waals surface area contributed by atoms with Crippen LogP contribution in [0.25, 0.3) is 0 Å². The number of hydrogen-bond donors (Lipinski definition) is 1. The van der Waals surface area contributed by atoms with Crippen molar-refractivity contribution >= 4 is 27.3 Å². The van der Waals surface area contributed by atoms with Gasteiger partial charge >= 0.3 is 0 Å². The van der Waals surface area contributed by atoms with Crippen LogP contribution in [-0.4, -0.2) is 27.1 Å². The summed E-state index contributed by atoms with van der Waals surface area (Å²) in [6.07, 6.45) is 0.982. The van der Waals surface area contributed by atoms with Crippen molar-refractivity contribution in [2.75, 3.05) is 22.4 Å². The van der Waals surface area contributed by atoms with E-state index in [1.807, 2.05) is 32.0 Å². The molecule has 0 aliphatic rings. The van der Waals surface area contributed by atoms with E-state index >= 15 is 0 Å². The molecular weight excluding hydrogens is 343 g/mol. The summed E-state index contributed by atoms with van der Waals surface area (Å²) < 4.78 is 38.4. The first kappa shape index (κ1) is 18.9. The number of hydrogen-bond acceptors (Lipinski definition) is 3. The molecule has 0 radical (unpaired) electrons. The van der Waals surface area contributed by atoms with Crippen molar-refractivity contribution in [1.29, 1.82) is 0 Å². The van der Waals surface area contributed by atoms with Crippen molar-refractivity contribution in [1.82, 2.24) is 0 Å². The number of carbonyl (C=O) groups is 1. The maximum absolute atomic E-state index is 13.4. The van der Waals surface area contributed by atoms with Crippen molar-refractivity contribution in [2.45, 2.75) is 20.3 Å². The topological polar surface area (TPSA) is 66.5 Å². The molecule has 0 atom stereocenters. The van der Waals surface area contributed by atoms with Gasteiger partial charge in [0.05, 0.1) is 11.9 Å². The van der Waals surface area contributed by atoms with E-state index in [9.17, 15) is 17.6 Å². The van der Waals surface area contributed by atoms with Gasteiger partial charge in [0.25, 0.3) is 0 Å². The SMILES string of the molecule is Cc1cc(C)cc(NC(=O)CCN(c2cccc(F)c2)S(C)(=O)=O)c1. The average molecular weight is 364 g/mol. The molecule has 0 aliphatic carbocycles. The molecule has 2 aromatic carbocycles. The lowest BCUT2D eigenvalue weighted by molar-refractivity contribution is -0.116. The van der Waals surface area contributed by atoms with E-state index in [0.29, 0.717) is 5.69 Å². The first-order chi connectivity index (χ1) is 11.6. The van der Waals surface area contributed by atoms with Gasteiger partial charge in [0.2, 0.25) is 15.9 Å². The van der Waals surface area contributed by atoms with E-state index in [4.69, 9.17) is 0 Å². The highest BCUT2D eigenvalue weighted by atomic mass is 32.2. The number of nitrogens with one attached hydrogen (secondary N) is 1. The molecule has 7 heteroatoms. The molecule has 25 heavy (non-hydrogen) atoms. The largest absolute Gasteiger partial charge is 0.326 e. The Labute approximate surface area is 147 Å². The summed E-state index contributed by atoms with van der Waals surface area (Å²) in [5.74, 6) is -0.846. The number of rotatable bonds is 6. The molecular formula is C18H21FN2O3S. The summed E-state index contributed by atoms with van der Waals surface area (Å²) in [4.78, 5) is 12.2. The van der Waals surface area contributed by atoms with E-state index < -0.39 is 15.8 Å². The van der Waals surface area contributed by atoms with Crippen LogP contribution in [0, 0.1) is 19.7 Å². The Hall–Kier alpha value is -2.41. The summed E-state index contributed by atoms with van der Waals surface area (Å²) in [5.41, 5.74) is 2.90. The fraction of sp³-hybridized carbons (Fsp3) is 0.278. The van der Waals surface area contributed by atoms with E-state index in [2.05, 4.69) is 5.32 Å². The summed E-state index contributed by atoms with van der Waals surface area (Å²) in [5, 5.41) is 2.76. The van der Waals surface area contributed by atoms with Gasteiger partial charge in [-0.15, -0.1) is 0 Å². The van der Waals surface area contributed by atoms with Crippen LogP contribution in [0.5, 0.6) is 0 Å².